The highest BCUT2D eigenvalue weighted by molar-refractivity contribution is 9.14. The topological polar surface area (TPSA) is 34.1 Å². The van der Waals surface area contributed by atoms with E-state index in [1.807, 2.05) is 0 Å². The molecule has 0 aromatic heterocycles. The SMILES string of the molecule is CCCCCCCCCC(=O)SSSC(=O)CCCCCCCCC. The summed E-state index contributed by atoms with van der Waals surface area (Å²) >= 11 is 0. The van der Waals surface area contributed by atoms with Crippen LogP contribution in [0, 0.1) is 0 Å². The molecule has 0 radical (unpaired) electrons. The molecule has 0 heterocycles. The van der Waals surface area contributed by atoms with Gasteiger partial charge in [0.05, 0.1) is 0 Å². The molecule has 25 heavy (non-hydrogen) atoms. The number of unbranched alkanes of at least 4 members (excludes halogenated alkanes) is 12. The summed E-state index contributed by atoms with van der Waals surface area (Å²) in [5, 5.41) is 0.435. The van der Waals surface area contributed by atoms with Crippen LogP contribution < -0.4 is 0 Å². The van der Waals surface area contributed by atoms with Crippen molar-refractivity contribution in [2.45, 2.75) is 117 Å². The van der Waals surface area contributed by atoms with Crippen LogP contribution in [-0.4, -0.2) is 10.2 Å². The third-order valence-electron chi connectivity index (χ3n) is 4.22. The van der Waals surface area contributed by atoms with Crippen LogP contribution in [-0.2, 0) is 9.59 Å². The number of rotatable bonds is 18. The summed E-state index contributed by atoms with van der Waals surface area (Å²) < 4.78 is 0. The first-order chi connectivity index (χ1) is 12.2. The lowest BCUT2D eigenvalue weighted by atomic mass is 10.1. The summed E-state index contributed by atoms with van der Waals surface area (Å²) in [5.41, 5.74) is 0. The van der Waals surface area contributed by atoms with Crippen LogP contribution in [0.1, 0.15) is 117 Å². The smallest absolute Gasteiger partial charge is 0.200 e. The van der Waals surface area contributed by atoms with Crippen molar-refractivity contribution in [3.8, 4) is 0 Å². The average molecular weight is 407 g/mol. The van der Waals surface area contributed by atoms with Gasteiger partial charge in [-0.3, -0.25) is 9.59 Å². The van der Waals surface area contributed by atoms with Gasteiger partial charge in [-0.2, -0.15) is 0 Å². The Morgan fingerprint density at radius 3 is 1.20 bits per heavy atom. The molecule has 0 aromatic carbocycles. The monoisotopic (exact) mass is 406 g/mol. The minimum atomic E-state index is 0.217. The van der Waals surface area contributed by atoms with Crippen molar-refractivity contribution < 1.29 is 9.59 Å². The van der Waals surface area contributed by atoms with Gasteiger partial charge < -0.3 is 0 Å². The molecule has 0 rings (SSSR count). The molecule has 0 aliphatic carbocycles. The van der Waals surface area contributed by atoms with E-state index in [0.717, 1.165) is 25.7 Å². The second-order valence-electron chi connectivity index (χ2n) is 6.72. The predicted molar refractivity (Wildman–Crippen MR) is 118 cm³/mol. The predicted octanol–water partition coefficient (Wildman–Crippen LogP) is 8.35. The van der Waals surface area contributed by atoms with E-state index >= 15 is 0 Å². The molecule has 2 nitrogen and oxygen atoms in total. The van der Waals surface area contributed by atoms with Gasteiger partial charge in [-0.1, -0.05) is 90.9 Å². The molecular formula is C20H38O2S3. The van der Waals surface area contributed by atoms with Crippen LogP contribution in [0.5, 0.6) is 0 Å². The minimum Gasteiger partial charge on any atom is -0.286 e. The van der Waals surface area contributed by atoms with Crippen LogP contribution in [0.15, 0.2) is 0 Å². The zero-order chi connectivity index (χ0) is 18.6. The lowest BCUT2D eigenvalue weighted by Gasteiger charge is -2.02. The molecule has 0 N–H and O–H groups in total. The highest BCUT2D eigenvalue weighted by Gasteiger charge is 2.08. The quantitative estimate of drug-likeness (QED) is 0.169. The Morgan fingerprint density at radius 2 is 0.840 bits per heavy atom. The maximum absolute atomic E-state index is 11.8. The zero-order valence-electron chi connectivity index (χ0n) is 16.4. The fraction of sp³-hybridized carbons (Fsp3) is 0.900. The number of hydrogen-bond donors (Lipinski definition) is 0. The molecular weight excluding hydrogens is 368 g/mol. The lowest BCUT2D eigenvalue weighted by molar-refractivity contribution is -0.111. The fourth-order valence-corrected chi connectivity index (χ4v) is 6.00. The Kier molecular flexibility index (Phi) is 21.0. The van der Waals surface area contributed by atoms with Gasteiger partial charge in [-0.25, -0.2) is 0 Å². The highest BCUT2D eigenvalue weighted by atomic mass is 33.5. The molecule has 0 spiro atoms. The van der Waals surface area contributed by atoms with Crippen LogP contribution in [0.2, 0.25) is 0 Å². The minimum absolute atomic E-state index is 0.217. The molecule has 0 saturated heterocycles. The Balaban J connectivity index is 3.32. The van der Waals surface area contributed by atoms with Gasteiger partial charge in [0.25, 0.3) is 0 Å². The van der Waals surface area contributed by atoms with Crippen molar-refractivity contribution in [1.82, 2.24) is 0 Å². The van der Waals surface area contributed by atoms with Crippen LogP contribution in [0.25, 0.3) is 0 Å². The first kappa shape index (κ1) is 25.4. The molecule has 0 aliphatic heterocycles. The van der Waals surface area contributed by atoms with Crippen LogP contribution in [0.4, 0.5) is 0 Å². The second-order valence-corrected chi connectivity index (χ2v) is 10.7. The molecule has 0 amide bonds. The maximum Gasteiger partial charge on any atom is 0.200 e. The molecule has 0 fully saturated rings. The molecule has 148 valence electrons. The van der Waals surface area contributed by atoms with E-state index in [0.29, 0.717) is 12.8 Å². The van der Waals surface area contributed by atoms with E-state index in [2.05, 4.69) is 13.8 Å². The molecule has 5 heteroatoms. The van der Waals surface area contributed by atoms with E-state index in [1.165, 1.54) is 95.6 Å². The van der Waals surface area contributed by atoms with Crippen molar-refractivity contribution in [2.24, 2.45) is 0 Å². The summed E-state index contributed by atoms with van der Waals surface area (Å²) in [5.74, 6) is 0. The first-order valence-corrected chi connectivity index (χ1v) is 13.8. The van der Waals surface area contributed by atoms with E-state index in [1.54, 1.807) is 0 Å². The molecule has 0 saturated carbocycles. The van der Waals surface area contributed by atoms with Crippen molar-refractivity contribution in [3.05, 3.63) is 0 Å². The van der Waals surface area contributed by atoms with Gasteiger partial charge in [0.1, 0.15) is 0 Å². The normalized spacial score (nSPS) is 11.0. The van der Waals surface area contributed by atoms with Crippen LogP contribution in [0.3, 0.4) is 0 Å². The van der Waals surface area contributed by atoms with Gasteiger partial charge in [0.2, 0.25) is 0 Å². The summed E-state index contributed by atoms with van der Waals surface area (Å²) in [4.78, 5) is 23.5. The van der Waals surface area contributed by atoms with Gasteiger partial charge >= 0.3 is 0 Å². The van der Waals surface area contributed by atoms with E-state index < -0.39 is 0 Å². The first-order valence-electron chi connectivity index (χ1n) is 10.3. The standard InChI is InChI=1S/C20H38O2S3/c1-3-5-7-9-11-13-15-17-19(21)23-25-24-20(22)18-16-14-12-10-8-6-4-2/h3-18H2,1-2H3. The highest BCUT2D eigenvalue weighted by Crippen LogP contribution is 2.37. The molecule has 0 unspecified atom stereocenters. The van der Waals surface area contributed by atoms with E-state index in [4.69, 9.17) is 0 Å². The number of hydrogen-bond acceptors (Lipinski definition) is 5. The Morgan fingerprint density at radius 1 is 0.520 bits per heavy atom. The molecule has 0 aromatic rings. The maximum atomic E-state index is 11.8. The third-order valence-corrected chi connectivity index (χ3v) is 7.89. The van der Waals surface area contributed by atoms with E-state index in [9.17, 15) is 9.59 Å². The van der Waals surface area contributed by atoms with Crippen molar-refractivity contribution in [3.63, 3.8) is 0 Å². The molecule has 0 bridgehead atoms. The van der Waals surface area contributed by atoms with Gasteiger partial charge in [0.15, 0.2) is 10.2 Å². The largest absolute Gasteiger partial charge is 0.286 e. The number of carbonyl (C=O) groups is 2. The van der Waals surface area contributed by atoms with Gasteiger partial charge in [0, 0.05) is 12.8 Å². The second kappa shape index (κ2) is 20.7. The summed E-state index contributed by atoms with van der Waals surface area (Å²) in [6.07, 6.45) is 18.6. The Bertz CT molecular complexity index is 292. The van der Waals surface area contributed by atoms with Crippen molar-refractivity contribution in [1.29, 1.82) is 0 Å². The summed E-state index contributed by atoms with van der Waals surface area (Å²) in [6.45, 7) is 4.45. The number of carbonyl (C=O) groups excluding carboxylic acids is 2. The lowest BCUT2D eigenvalue weighted by Crippen LogP contribution is -1.91. The zero-order valence-corrected chi connectivity index (χ0v) is 18.8. The van der Waals surface area contributed by atoms with E-state index in [-0.39, 0.29) is 10.2 Å². The van der Waals surface area contributed by atoms with Gasteiger partial charge in [-0.15, -0.1) is 0 Å². The van der Waals surface area contributed by atoms with Crippen LogP contribution >= 0.6 is 31.4 Å². The molecule has 0 atom stereocenters. The average Bonchev–Trinajstić information content (AvgIpc) is 2.60. The summed E-state index contributed by atoms with van der Waals surface area (Å²) in [6, 6.07) is 0. The van der Waals surface area contributed by atoms with Crippen molar-refractivity contribution >= 4 is 41.6 Å². The summed E-state index contributed by atoms with van der Waals surface area (Å²) in [7, 11) is 3.85. The fourth-order valence-electron chi connectivity index (χ4n) is 2.63. The Hall–Kier alpha value is 0.390. The van der Waals surface area contributed by atoms with Crippen molar-refractivity contribution in [2.75, 3.05) is 0 Å². The molecule has 0 aliphatic rings. The Labute approximate surface area is 167 Å². The third kappa shape index (κ3) is 20.6. The van der Waals surface area contributed by atoms with Gasteiger partial charge in [-0.05, 0) is 44.3 Å².